The summed E-state index contributed by atoms with van der Waals surface area (Å²) >= 11 is 1.61. The smallest absolute Gasteiger partial charge is 0.340 e. The van der Waals surface area contributed by atoms with E-state index in [1.54, 1.807) is 30.8 Å². The number of ether oxygens (including phenoxy) is 1. The van der Waals surface area contributed by atoms with Crippen molar-refractivity contribution in [3.05, 3.63) is 70.9 Å². The molecule has 2 aromatic carbocycles. The van der Waals surface area contributed by atoms with E-state index in [1.807, 2.05) is 49.6 Å². The third-order valence-corrected chi connectivity index (χ3v) is 5.03. The Kier molecular flexibility index (Phi) is 5.38. The number of rotatable bonds is 5. The van der Waals surface area contributed by atoms with Crippen molar-refractivity contribution >= 4 is 34.4 Å². The molecule has 0 aliphatic carbocycles. The number of esters is 1. The average Bonchev–Trinajstić information content (AvgIpc) is 2.66. The standard InChI is InChI=1S/C21H19NO3S/c1-13-17-6-4-5-7-18(17)22-14(2)20(13)21(24)25-12-19(23)15-8-10-16(26-3)11-9-15/h4-11H,12H2,1-3H3. The first-order chi connectivity index (χ1) is 12.5. The van der Waals surface area contributed by atoms with Crippen molar-refractivity contribution in [1.82, 2.24) is 4.98 Å². The van der Waals surface area contributed by atoms with Crippen molar-refractivity contribution in [3.8, 4) is 0 Å². The molecule has 0 bridgehead atoms. The lowest BCUT2D eigenvalue weighted by Gasteiger charge is -2.12. The zero-order valence-electron chi connectivity index (χ0n) is 14.9. The van der Waals surface area contributed by atoms with Crippen molar-refractivity contribution in [1.29, 1.82) is 0 Å². The highest BCUT2D eigenvalue weighted by molar-refractivity contribution is 7.98. The predicted octanol–water partition coefficient (Wildman–Crippen LogP) is 4.61. The van der Waals surface area contributed by atoms with Crippen LogP contribution in [0.1, 0.15) is 32.0 Å². The summed E-state index contributed by atoms with van der Waals surface area (Å²) in [5.74, 6) is -0.748. The minimum Gasteiger partial charge on any atom is -0.454 e. The van der Waals surface area contributed by atoms with E-state index in [9.17, 15) is 9.59 Å². The summed E-state index contributed by atoms with van der Waals surface area (Å²) < 4.78 is 5.28. The number of carbonyl (C=O) groups excluding carboxylic acids is 2. The SMILES string of the molecule is CSc1ccc(C(=O)COC(=O)c2c(C)nc3ccccc3c2C)cc1. The molecule has 0 saturated carbocycles. The molecular weight excluding hydrogens is 346 g/mol. The van der Waals surface area contributed by atoms with Crippen LogP contribution in [-0.4, -0.2) is 29.6 Å². The monoisotopic (exact) mass is 365 g/mol. The van der Waals surface area contributed by atoms with Crippen LogP contribution in [-0.2, 0) is 4.74 Å². The molecular formula is C21H19NO3S. The lowest BCUT2D eigenvalue weighted by Crippen LogP contribution is -2.16. The van der Waals surface area contributed by atoms with Crippen LogP contribution >= 0.6 is 11.8 Å². The number of benzene rings is 2. The van der Waals surface area contributed by atoms with Gasteiger partial charge in [-0.05, 0) is 43.9 Å². The molecule has 3 aromatic rings. The predicted molar refractivity (Wildman–Crippen MR) is 104 cm³/mol. The number of Topliss-reactive ketones (excluding diaryl/α,β-unsaturated/α-hetero) is 1. The van der Waals surface area contributed by atoms with E-state index >= 15 is 0 Å². The van der Waals surface area contributed by atoms with Crippen molar-refractivity contribution in [2.24, 2.45) is 0 Å². The second-order valence-electron chi connectivity index (χ2n) is 5.94. The van der Waals surface area contributed by atoms with Gasteiger partial charge >= 0.3 is 5.97 Å². The molecule has 1 aromatic heterocycles. The van der Waals surface area contributed by atoms with E-state index < -0.39 is 5.97 Å². The highest BCUT2D eigenvalue weighted by Crippen LogP contribution is 2.23. The number of ketones is 1. The molecule has 1 heterocycles. The Morgan fingerprint density at radius 3 is 2.42 bits per heavy atom. The van der Waals surface area contributed by atoms with Gasteiger partial charge in [0.2, 0.25) is 0 Å². The van der Waals surface area contributed by atoms with E-state index in [0.29, 0.717) is 16.8 Å². The molecule has 0 N–H and O–H groups in total. The fraction of sp³-hybridized carbons (Fsp3) is 0.190. The van der Waals surface area contributed by atoms with Crippen molar-refractivity contribution in [2.75, 3.05) is 12.9 Å². The fourth-order valence-electron chi connectivity index (χ4n) is 2.90. The summed E-state index contributed by atoms with van der Waals surface area (Å²) in [5, 5.41) is 0.907. The number of fused-ring (bicyclic) bond motifs is 1. The van der Waals surface area contributed by atoms with Gasteiger partial charge in [-0.25, -0.2) is 4.79 Å². The Morgan fingerprint density at radius 1 is 1.04 bits per heavy atom. The van der Waals surface area contributed by atoms with Crippen molar-refractivity contribution in [3.63, 3.8) is 0 Å². The van der Waals surface area contributed by atoms with Gasteiger partial charge in [0.1, 0.15) is 0 Å². The molecule has 132 valence electrons. The van der Waals surface area contributed by atoms with Crippen molar-refractivity contribution < 1.29 is 14.3 Å². The largest absolute Gasteiger partial charge is 0.454 e. The Bertz CT molecular complexity index is 980. The number of thioether (sulfide) groups is 1. The lowest BCUT2D eigenvalue weighted by molar-refractivity contribution is 0.0473. The van der Waals surface area contributed by atoms with Crippen LogP contribution in [0.4, 0.5) is 0 Å². The molecule has 0 spiro atoms. The Balaban J connectivity index is 1.77. The molecule has 0 atom stereocenters. The van der Waals surface area contributed by atoms with E-state index in [4.69, 9.17) is 4.74 Å². The van der Waals surface area contributed by atoms with Crippen LogP contribution in [0.3, 0.4) is 0 Å². The number of para-hydroxylation sites is 1. The fourth-order valence-corrected chi connectivity index (χ4v) is 3.30. The van der Waals surface area contributed by atoms with E-state index in [-0.39, 0.29) is 12.4 Å². The summed E-state index contributed by atoms with van der Waals surface area (Å²) in [7, 11) is 0. The third kappa shape index (κ3) is 3.63. The third-order valence-electron chi connectivity index (χ3n) is 4.28. The second-order valence-corrected chi connectivity index (χ2v) is 6.82. The minimum atomic E-state index is -0.521. The minimum absolute atomic E-state index is 0.227. The topological polar surface area (TPSA) is 56.3 Å². The summed E-state index contributed by atoms with van der Waals surface area (Å²) in [6.45, 7) is 3.36. The maximum Gasteiger partial charge on any atom is 0.340 e. The molecule has 0 amide bonds. The summed E-state index contributed by atoms with van der Waals surface area (Å²) in [5.41, 5.74) is 3.21. The average molecular weight is 365 g/mol. The van der Waals surface area contributed by atoms with Gasteiger partial charge in [-0.2, -0.15) is 0 Å². The number of pyridine rings is 1. The molecule has 0 unspecified atom stereocenters. The normalized spacial score (nSPS) is 10.7. The van der Waals surface area contributed by atoms with Gasteiger partial charge in [0.25, 0.3) is 0 Å². The molecule has 0 radical (unpaired) electrons. The molecule has 0 saturated heterocycles. The number of hydrogen-bond donors (Lipinski definition) is 0. The Morgan fingerprint density at radius 2 is 1.73 bits per heavy atom. The number of aryl methyl sites for hydroxylation is 2. The van der Waals surface area contributed by atoms with Crippen LogP contribution in [0.2, 0.25) is 0 Å². The summed E-state index contributed by atoms with van der Waals surface area (Å²) in [6, 6.07) is 14.9. The number of nitrogens with zero attached hydrogens (tertiary/aromatic N) is 1. The van der Waals surface area contributed by atoms with Crippen LogP contribution < -0.4 is 0 Å². The molecule has 0 aliphatic heterocycles. The molecule has 5 heteroatoms. The van der Waals surface area contributed by atoms with Gasteiger partial charge in [-0.15, -0.1) is 11.8 Å². The molecule has 3 rings (SSSR count). The maximum atomic E-state index is 12.5. The molecule has 0 fully saturated rings. The first-order valence-electron chi connectivity index (χ1n) is 8.21. The quantitative estimate of drug-likeness (QED) is 0.375. The van der Waals surface area contributed by atoms with Gasteiger partial charge in [-0.1, -0.05) is 30.3 Å². The van der Waals surface area contributed by atoms with Crippen LogP contribution in [0.25, 0.3) is 10.9 Å². The lowest BCUT2D eigenvalue weighted by atomic mass is 10.0. The second kappa shape index (κ2) is 7.70. The first kappa shape index (κ1) is 18.1. The zero-order valence-corrected chi connectivity index (χ0v) is 15.7. The summed E-state index contributed by atoms with van der Waals surface area (Å²) in [6.07, 6.45) is 1.97. The number of carbonyl (C=O) groups is 2. The Hall–Kier alpha value is -2.66. The highest BCUT2D eigenvalue weighted by Gasteiger charge is 2.19. The van der Waals surface area contributed by atoms with E-state index in [1.165, 1.54) is 0 Å². The number of aromatic nitrogens is 1. The zero-order chi connectivity index (χ0) is 18.7. The van der Waals surface area contributed by atoms with Crippen LogP contribution in [0.5, 0.6) is 0 Å². The molecule has 4 nitrogen and oxygen atoms in total. The molecule has 0 aliphatic rings. The van der Waals surface area contributed by atoms with Gasteiger partial charge in [0.05, 0.1) is 16.8 Å². The van der Waals surface area contributed by atoms with Gasteiger partial charge < -0.3 is 4.74 Å². The summed E-state index contributed by atoms with van der Waals surface area (Å²) in [4.78, 5) is 30.4. The van der Waals surface area contributed by atoms with Gasteiger partial charge in [0.15, 0.2) is 12.4 Å². The van der Waals surface area contributed by atoms with Crippen LogP contribution in [0, 0.1) is 13.8 Å². The maximum absolute atomic E-state index is 12.5. The van der Waals surface area contributed by atoms with E-state index in [0.717, 1.165) is 21.4 Å². The number of hydrogen-bond acceptors (Lipinski definition) is 5. The van der Waals surface area contributed by atoms with Gasteiger partial charge in [0, 0.05) is 15.8 Å². The highest BCUT2D eigenvalue weighted by atomic mass is 32.2. The first-order valence-corrected chi connectivity index (χ1v) is 9.44. The molecule has 26 heavy (non-hydrogen) atoms. The van der Waals surface area contributed by atoms with E-state index in [2.05, 4.69) is 4.98 Å². The van der Waals surface area contributed by atoms with Crippen molar-refractivity contribution in [2.45, 2.75) is 18.7 Å². The van der Waals surface area contributed by atoms with Crippen LogP contribution in [0.15, 0.2) is 53.4 Å². The Labute approximate surface area is 156 Å². The van der Waals surface area contributed by atoms with Gasteiger partial charge in [-0.3, -0.25) is 9.78 Å².